The van der Waals surface area contributed by atoms with Gasteiger partial charge in [-0.3, -0.25) is 4.79 Å². The molecule has 0 radical (unpaired) electrons. The number of amides is 1. The zero-order valence-corrected chi connectivity index (χ0v) is 14.9. The SMILES string of the molecule is Cc1ccccc1OCc1nnc(SCC(=O)N2CCCC2)n1C. The third-order valence-electron chi connectivity index (χ3n) is 4.16. The number of ether oxygens (including phenoxy) is 1. The maximum absolute atomic E-state index is 12.1. The number of aryl methyl sites for hydroxylation is 1. The fraction of sp³-hybridized carbons (Fsp3) is 0.471. The molecule has 128 valence electrons. The van der Waals surface area contributed by atoms with Gasteiger partial charge in [0.05, 0.1) is 5.75 Å². The van der Waals surface area contributed by atoms with E-state index in [0.717, 1.165) is 48.2 Å². The lowest BCUT2D eigenvalue weighted by molar-refractivity contribution is -0.127. The first-order valence-corrected chi connectivity index (χ1v) is 9.11. The molecule has 1 saturated heterocycles. The van der Waals surface area contributed by atoms with Crippen LogP contribution in [0, 0.1) is 6.92 Å². The van der Waals surface area contributed by atoms with Gasteiger partial charge in [0.25, 0.3) is 0 Å². The summed E-state index contributed by atoms with van der Waals surface area (Å²) in [5.74, 6) is 2.18. The smallest absolute Gasteiger partial charge is 0.233 e. The number of rotatable bonds is 6. The Hall–Kier alpha value is -2.02. The van der Waals surface area contributed by atoms with Gasteiger partial charge in [-0.2, -0.15) is 0 Å². The largest absolute Gasteiger partial charge is 0.485 e. The van der Waals surface area contributed by atoms with Crippen LogP contribution < -0.4 is 4.74 Å². The van der Waals surface area contributed by atoms with Gasteiger partial charge in [-0.25, -0.2) is 0 Å². The van der Waals surface area contributed by atoms with Crippen molar-refractivity contribution < 1.29 is 9.53 Å². The van der Waals surface area contributed by atoms with Crippen molar-refractivity contribution in [3.63, 3.8) is 0 Å². The molecule has 7 heteroatoms. The molecule has 0 bridgehead atoms. The van der Waals surface area contributed by atoms with Crippen LogP contribution in [0.4, 0.5) is 0 Å². The standard InChI is InChI=1S/C17H22N4O2S/c1-13-7-3-4-8-14(13)23-11-15-18-19-17(20(15)2)24-12-16(22)21-9-5-6-10-21/h3-4,7-8H,5-6,9-12H2,1-2H3. The van der Waals surface area contributed by atoms with Gasteiger partial charge in [0.1, 0.15) is 12.4 Å². The number of hydrogen-bond acceptors (Lipinski definition) is 5. The highest BCUT2D eigenvalue weighted by Gasteiger charge is 2.19. The van der Waals surface area contributed by atoms with E-state index in [-0.39, 0.29) is 5.91 Å². The number of thioether (sulfide) groups is 1. The van der Waals surface area contributed by atoms with E-state index < -0.39 is 0 Å². The molecule has 0 N–H and O–H groups in total. The molecule has 0 aliphatic carbocycles. The highest BCUT2D eigenvalue weighted by Crippen LogP contribution is 2.20. The Morgan fingerprint density at radius 2 is 2.00 bits per heavy atom. The van der Waals surface area contributed by atoms with Gasteiger partial charge in [0.15, 0.2) is 11.0 Å². The van der Waals surface area contributed by atoms with Crippen molar-refractivity contribution in [2.24, 2.45) is 7.05 Å². The fourth-order valence-corrected chi connectivity index (χ4v) is 3.47. The van der Waals surface area contributed by atoms with E-state index in [1.165, 1.54) is 11.8 Å². The lowest BCUT2D eigenvalue weighted by Crippen LogP contribution is -2.29. The number of aromatic nitrogens is 3. The van der Waals surface area contributed by atoms with Gasteiger partial charge in [0, 0.05) is 20.1 Å². The number of carbonyl (C=O) groups excluding carboxylic acids is 1. The zero-order chi connectivity index (χ0) is 16.9. The van der Waals surface area contributed by atoms with Gasteiger partial charge in [-0.1, -0.05) is 30.0 Å². The summed E-state index contributed by atoms with van der Waals surface area (Å²) in [5, 5.41) is 9.09. The van der Waals surface area contributed by atoms with E-state index in [0.29, 0.717) is 12.4 Å². The van der Waals surface area contributed by atoms with E-state index >= 15 is 0 Å². The summed E-state index contributed by atoms with van der Waals surface area (Å²) in [7, 11) is 1.90. The maximum Gasteiger partial charge on any atom is 0.233 e. The van der Waals surface area contributed by atoms with Gasteiger partial charge < -0.3 is 14.2 Å². The fourth-order valence-electron chi connectivity index (χ4n) is 2.64. The molecular weight excluding hydrogens is 324 g/mol. The van der Waals surface area contributed by atoms with Gasteiger partial charge in [-0.05, 0) is 31.4 Å². The number of benzene rings is 1. The molecule has 0 atom stereocenters. The van der Waals surface area contributed by atoms with Crippen LogP contribution in [0.5, 0.6) is 5.75 Å². The Morgan fingerprint density at radius 1 is 1.25 bits per heavy atom. The molecule has 1 fully saturated rings. The van der Waals surface area contributed by atoms with Crippen LogP contribution in [-0.2, 0) is 18.4 Å². The molecule has 6 nitrogen and oxygen atoms in total. The van der Waals surface area contributed by atoms with Gasteiger partial charge >= 0.3 is 0 Å². The number of carbonyl (C=O) groups is 1. The van der Waals surface area contributed by atoms with Crippen molar-refractivity contribution in [3.8, 4) is 5.75 Å². The summed E-state index contributed by atoms with van der Waals surface area (Å²) in [5.41, 5.74) is 1.09. The first-order chi connectivity index (χ1) is 11.6. The second kappa shape index (κ2) is 7.70. The Labute approximate surface area is 146 Å². The molecule has 2 heterocycles. The number of nitrogens with zero attached hydrogens (tertiary/aromatic N) is 4. The molecule has 0 spiro atoms. The lowest BCUT2D eigenvalue weighted by atomic mass is 10.2. The average molecular weight is 346 g/mol. The minimum absolute atomic E-state index is 0.179. The lowest BCUT2D eigenvalue weighted by Gasteiger charge is -2.14. The Morgan fingerprint density at radius 3 is 2.75 bits per heavy atom. The van der Waals surface area contributed by atoms with E-state index in [9.17, 15) is 4.79 Å². The molecule has 0 saturated carbocycles. The number of hydrogen-bond donors (Lipinski definition) is 0. The Balaban J connectivity index is 1.55. The molecule has 1 aliphatic rings. The Bertz CT molecular complexity index is 710. The quantitative estimate of drug-likeness (QED) is 0.752. The first-order valence-electron chi connectivity index (χ1n) is 8.12. The average Bonchev–Trinajstić information content (AvgIpc) is 3.23. The molecule has 1 aliphatic heterocycles. The van der Waals surface area contributed by atoms with Crippen molar-refractivity contribution in [3.05, 3.63) is 35.7 Å². The second-order valence-electron chi connectivity index (χ2n) is 5.89. The highest BCUT2D eigenvalue weighted by molar-refractivity contribution is 7.99. The van der Waals surface area contributed by atoms with E-state index in [2.05, 4.69) is 10.2 Å². The summed E-state index contributed by atoms with van der Waals surface area (Å²) in [6.45, 7) is 4.13. The maximum atomic E-state index is 12.1. The number of para-hydroxylation sites is 1. The normalized spacial score (nSPS) is 14.2. The van der Waals surface area contributed by atoms with Crippen LogP contribution in [0.15, 0.2) is 29.4 Å². The first kappa shape index (κ1) is 16.8. The van der Waals surface area contributed by atoms with Crippen LogP contribution in [-0.4, -0.2) is 44.4 Å². The monoisotopic (exact) mass is 346 g/mol. The van der Waals surface area contributed by atoms with Crippen molar-refractivity contribution in [2.75, 3.05) is 18.8 Å². The van der Waals surface area contributed by atoms with Gasteiger partial charge in [-0.15, -0.1) is 10.2 Å². The predicted molar refractivity (Wildman–Crippen MR) is 93.1 cm³/mol. The topological polar surface area (TPSA) is 60.3 Å². The summed E-state index contributed by atoms with van der Waals surface area (Å²) in [6, 6.07) is 7.88. The van der Waals surface area contributed by atoms with E-state index in [1.54, 1.807) is 0 Å². The van der Waals surface area contributed by atoms with Crippen molar-refractivity contribution in [2.45, 2.75) is 31.5 Å². The van der Waals surface area contributed by atoms with Crippen LogP contribution in [0.2, 0.25) is 0 Å². The molecule has 2 aromatic rings. The summed E-state index contributed by atoms with van der Waals surface area (Å²) < 4.78 is 7.71. The summed E-state index contributed by atoms with van der Waals surface area (Å²) >= 11 is 1.43. The third-order valence-corrected chi connectivity index (χ3v) is 5.16. The van der Waals surface area contributed by atoms with Crippen LogP contribution in [0.3, 0.4) is 0 Å². The van der Waals surface area contributed by atoms with E-state index in [4.69, 9.17) is 4.74 Å². The van der Waals surface area contributed by atoms with E-state index in [1.807, 2.05) is 47.7 Å². The zero-order valence-electron chi connectivity index (χ0n) is 14.1. The van der Waals surface area contributed by atoms with Crippen molar-refractivity contribution in [1.29, 1.82) is 0 Å². The molecule has 24 heavy (non-hydrogen) atoms. The minimum Gasteiger partial charge on any atom is -0.485 e. The van der Waals surface area contributed by atoms with Crippen LogP contribution >= 0.6 is 11.8 Å². The predicted octanol–water partition coefficient (Wildman–Crippen LogP) is 2.42. The molecule has 0 unspecified atom stereocenters. The summed E-state index contributed by atoms with van der Waals surface area (Å²) in [6.07, 6.45) is 2.22. The molecule has 1 amide bonds. The molecular formula is C17H22N4O2S. The third kappa shape index (κ3) is 3.90. The second-order valence-corrected chi connectivity index (χ2v) is 6.83. The highest BCUT2D eigenvalue weighted by atomic mass is 32.2. The summed E-state index contributed by atoms with van der Waals surface area (Å²) in [4.78, 5) is 14.0. The van der Waals surface area contributed by atoms with Crippen LogP contribution in [0.1, 0.15) is 24.2 Å². The van der Waals surface area contributed by atoms with Crippen molar-refractivity contribution in [1.82, 2.24) is 19.7 Å². The van der Waals surface area contributed by atoms with Crippen LogP contribution in [0.25, 0.3) is 0 Å². The molecule has 1 aromatic heterocycles. The molecule has 1 aromatic carbocycles. The number of likely N-dealkylation sites (tertiary alicyclic amines) is 1. The Kier molecular flexibility index (Phi) is 5.40. The van der Waals surface area contributed by atoms with Gasteiger partial charge in [0.2, 0.25) is 5.91 Å². The molecule has 3 rings (SSSR count). The minimum atomic E-state index is 0.179. The van der Waals surface area contributed by atoms with Crippen molar-refractivity contribution >= 4 is 17.7 Å².